The van der Waals surface area contributed by atoms with Crippen LogP contribution in [0.5, 0.6) is 0 Å². The monoisotopic (exact) mass is 599 g/mol. The maximum atomic E-state index is 13.3. The van der Waals surface area contributed by atoms with Crippen LogP contribution in [0, 0.1) is 11.7 Å². The zero-order valence-corrected chi connectivity index (χ0v) is 21.2. The van der Waals surface area contributed by atoms with Gasteiger partial charge in [0.1, 0.15) is 11.9 Å². The number of carbonyl (C=O) groups excluding carboxylic acids is 1. The third-order valence-electron chi connectivity index (χ3n) is 6.48. The molecule has 1 unspecified atom stereocenters. The second-order valence-electron chi connectivity index (χ2n) is 8.79. The van der Waals surface area contributed by atoms with Gasteiger partial charge in [-0.25, -0.2) is 22.8 Å². The molecule has 194 valence electrons. The first-order valence-corrected chi connectivity index (χ1v) is 13.3. The molecular formula is C23H18BrF4N5O3S. The first-order valence-electron chi connectivity index (χ1n) is 11.1. The molecule has 37 heavy (non-hydrogen) atoms. The minimum absolute atomic E-state index is 0.00868. The van der Waals surface area contributed by atoms with E-state index in [1.807, 2.05) is 0 Å². The second-order valence-corrected chi connectivity index (χ2v) is 11.5. The Morgan fingerprint density at radius 2 is 1.73 bits per heavy atom. The molecule has 1 N–H and O–H groups in total. The Kier molecular flexibility index (Phi) is 6.52. The van der Waals surface area contributed by atoms with Crippen molar-refractivity contribution in [2.45, 2.75) is 42.5 Å². The highest BCUT2D eigenvalue weighted by atomic mass is 79.9. The quantitative estimate of drug-likeness (QED) is 0.431. The topological polar surface area (TPSA) is 105 Å². The summed E-state index contributed by atoms with van der Waals surface area (Å²) in [5, 5.41) is 2.77. The summed E-state index contributed by atoms with van der Waals surface area (Å²) in [6.45, 7) is 0.00868. The maximum absolute atomic E-state index is 13.3. The van der Waals surface area contributed by atoms with Gasteiger partial charge in [0.25, 0.3) is 0 Å². The van der Waals surface area contributed by atoms with Crippen LogP contribution in [0.2, 0.25) is 0 Å². The zero-order valence-electron chi connectivity index (χ0n) is 18.8. The van der Waals surface area contributed by atoms with E-state index in [-0.39, 0.29) is 29.0 Å². The molecule has 3 aliphatic rings. The number of fused-ring (bicyclic) bond motifs is 1. The third kappa shape index (κ3) is 4.84. The van der Waals surface area contributed by atoms with Crippen LogP contribution < -0.4 is 5.32 Å². The summed E-state index contributed by atoms with van der Waals surface area (Å²) in [6, 6.07) is 4.84. The van der Waals surface area contributed by atoms with Crippen LogP contribution in [0.4, 0.5) is 17.6 Å². The molecule has 14 heteroatoms. The SMILES string of the molecule is O=C(NCc1cc(-c2cnc(C(F)(F)F)nc2)ncc1Br)C1C2CC(C2)N1S(=O)(=O)c1ccc(F)cc1. The van der Waals surface area contributed by atoms with E-state index in [1.165, 1.54) is 22.6 Å². The molecule has 8 nitrogen and oxygen atoms in total. The molecule has 2 bridgehead atoms. The molecule has 1 aliphatic carbocycles. The Hall–Kier alpha value is -2.97. The van der Waals surface area contributed by atoms with Crippen LogP contribution in [0.1, 0.15) is 24.2 Å². The van der Waals surface area contributed by atoms with Crippen LogP contribution in [-0.4, -0.2) is 45.7 Å². The summed E-state index contributed by atoms with van der Waals surface area (Å²) in [4.78, 5) is 23.9. The normalized spacial score (nSPS) is 21.5. The van der Waals surface area contributed by atoms with Crippen LogP contribution in [0.25, 0.3) is 11.3 Å². The van der Waals surface area contributed by atoms with Crippen LogP contribution >= 0.6 is 15.9 Å². The lowest BCUT2D eigenvalue weighted by Gasteiger charge is -2.25. The lowest BCUT2D eigenvalue weighted by molar-refractivity contribution is -0.145. The van der Waals surface area contributed by atoms with Crippen LogP contribution in [-0.2, 0) is 27.5 Å². The zero-order chi connectivity index (χ0) is 26.5. The van der Waals surface area contributed by atoms with E-state index < -0.39 is 39.8 Å². The summed E-state index contributed by atoms with van der Waals surface area (Å²) in [6.07, 6.45) is -0.0753. The van der Waals surface area contributed by atoms with Gasteiger partial charge in [-0.15, -0.1) is 0 Å². The summed E-state index contributed by atoms with van der Waals surface area (Å²) in [5.74, 6) is -2.43. The van der Waals surface area contributed by atoms with Crippen molar-refractivity contribution in [3.05, 3.63) is 70.6 Å². The Bertz CT molecular complexity index is 1450. The number of sulfonamides is 1. The van der Waals surface area contributed by atoms with E-state index in [9.17, 15) is 30.8 Å². The van der Waals surface area contributed by atoms with E-state index in [1.54, 1.807) is 6.07 Å². The summed E-state index contributed by atoms with van der Waals surface area (Å²) in [5.41, 5.74) is 1.11. The number of halogens is 5. The van der Waals surface area contributed by atoms with Crippen molar-refractivity contribution >= 4 is 31.9 Å². The molecule has 2 aliphatic heterocycles. The number of nitrogens with one attached hydrogen (secondary N) is 1. The predicted molar refractivity (Wildman–Crippen MR) is 126 cm³/mol. The fourth-order valence-corrected chi connectivity index (χ4v) is 6.81. The van der Waals surface area contributed by atoms with Crippen molar-refractivity contribution in [3.8, 4) is 11.3 Å². The summed E-state index contributed by atoms with van der Waals surface area (Å²) in [7, 11) is -4.01. The highest BCUT2D eigenvalue weighted by molar-refractivity contribution is 9.10. The molecule has 0 radical (unpaired) electrons. The molecule has 6 rings (SSSR count). The number of rotatable bonds is 6. The van der Waals surface area contributed by atoms with E-state index in [2.05, 4.69) is 36.2 Å². The molecule has 1 saturated carbocycles. The molecule has 2 aromatic heterocycles. The van der Waals surface area contributed by atoms with E-state index in [0.717, 1.165) is 24.5 Å². The summed E-state index contributed by atoms with van der Waals surface area (Å²) < 4.78 is 79.8. The van der Waals surface area contributed by atoms with Gasteiger partial charge in [-0.2, -0.15) is 17.5 Å². The van der Waals surface area contributed by atoms with Gasteiger partial charge in [-0.05, 0) is 70.6 Å². The van der Waals surface area contributed by atoms with Gasteiger partial charge in [-0.1, -0.05) is 0 Å². The average molecular weight is 600 g/mol. The summed E-state index contributed by atoms with van der Waals surface area (Å²) >= 11 is 3.34. The Balaban J connectivity index is 1.32. The van der Waals surface area contributed by atoms with Crippen molar-refractivity contribution in [2.75, 3.05) is 0 Å². The smallest absolute Gasteiger partial charge is 0.351 e. The van der Waals surface area contributed by atoms with Gasteiger partial charge >= 0.3 is 6.18 Å². The van der Waals surface area contributed by atoms with Gasteiger partial charge in [0.05, 0.1) is 10.6 Å². The standard InChI is InChI=1S/C23H18BrF4N5O3S/c24-18-11-29-19(14-9-31-22(32-10-14)23(26,27)28)7-13(18)8-30-21(34)20-12-5-16(6-12)33(20)37(35,36)17-3-1-15(25)2-4-17/h1-4,7,9-12,16,20H,5-6,8H2,(H,30,34). The van der Waals surface area contributed by atoms with Crippen LogP contribution in [0.3, 0.4) is 0 Å². The number of nitrogens with zero attached hydrogens (tertiary/aromatic N) is 4. The van der Waals surface area contributed by atoms with Gasteiger partial charge in [-0.3, -0.25) is 9.78 Å². The molecule has 1 atom stereocenters. The minimum Gasteiger partial charge on any atom is -0.351 e. The molecule has 3 fully saturated rings. The van der Waals surface area contributed by atoms with Gasteiger partial charge < -0.3 is 5.32 Å². The number of carbonyl (C=O) groups is 1. The van der Waals surface area contributed by atoms with E-state index in [4.69, 9.17) is 0 Å². The average Bonchev–Trinajstić information content (AvgIpc) is 3.41. The molecule has 1 aromatic carbocycles. The maximum Gasteiger partial charge on any atom is 0.451 e. The Labute approximate surface area is 217 Å². The van der Waals surface area contributed by atoms with E-state index >= 15 is 0 Å². The highest BCUT2D eigenvalue weighted by Crippen LogP contribution is 2.48. The minimum atomic E-state index is -4.67. The Morgan fingerprint density at radius 1 is 1.08 bits per heavy atom. The lowest BCUT2D eigenvalue weighted by atomic mass is 9.83. The van der Waals surface area contributed by atoms with Crippen molar-refractivity contribution < 1.29 is 30.8 Å². The molecule has 0 spiro atoms. The number of benzene rings is 1. The number of aromatic nitrogens is 3. The second kappa shape index (κ2) is 9.40. The molecule has 3 aromatic rings. The van der Waals surface area contributed by atoms with E-state index in [0.29, 0.717) is 28.6 Å². The Morgan fingerprint density at radius 3 is 2.35 bits per heavy atom. The van der Waals surface area contributed by atoms with Gasteiger partial charge in [0.2, 0.25) is 21.8 Å². The molecular weight excluding hydrogens is 582 g/mol. The van der Waals surface area contributed by atoms with Crippen molar-refractivity contribution in [1.82, 2.24) is 24.6 Å². The number of pyridine rings is 1. The predicted octanol–water partition coefficient (Wildman–Crippen LogP) is 3.93. The lowest BCUT2D eigenvalue weighted by Crippen LogP contribution is -2.46. The van der Waals surface area contributed by atoms with Crippen molar-refractivity contribution in [1.29, 1.82) is 0 Å². The fraction of sp³-hybridized carbons (Fsp3) is 0.304. The number of hydrogen-bond acceptors (Lipinski definition) is 6. The number of hydrogen-bond donors (Lipinski definition) is 1. The first-order chi connectivity index (χ1) is 17.4. The fourth-order valence-electron chi connectivity index (χ4n) is 4.60. The molecule has 1 amide bonds. The molecule has 4 heterocycles. The van der Waals surface area contributed by atoms with Crippen molar-refractivity contribution in [3.63, 3.8) is 0 Å². The molecule has 2 saturated heterocycles. The number of amides is 1. The first kappa shape index (κ1) is 25.7. The highest BCUT2D eigenvalue weighted by Gasteiger charge is 2.58. The number of alkyl halides is 3. The third-order valence-corrected chi connectivity index (χ3v) is 9.14. The largest absolute Gasteiger partial charge is 0.451 e. The van der Waals surface area contributed by atoms with Crippen LogP contribution in [0.15, 0.2) is 58.3 Å². The van der Waals surface area contributed by atoms with Gasteiger partial charge in [0, 0.05) is 41.2 Å². The van der Waals surface area contributed by atoms with Gasteiger partial charge in [0.15, 0.2) is 0 Å². The van der Waals surface area contributed by atoms with Crippen molar-refractivity contribution in [2.24, 2.45) is 5.92 Å².